The highest BCUT2D eigenvalue weighted by molar-refractivity contribution is 5.95. The van der Waals surface area contributed by atoms with Gasteiger partial charge >= 0.3 is 0 Å². The van der Waals surface area contributed by atoms with Gasteiger partial charge in [0.25, 0.3) is 5.91 Å². The zero-order chi connectivity index (χ0) is 20.8. The molecule has 1 aromatic carbocycles. The van der Waals surface area contributed by atoms with E-state index in [1.165, 1.54) is 0 Å². The van der Waals surface area contributed by atoms with Crippen LogP contribution in [0.15, 0.2) is 55.0 Å². The highest BCUT2D eigenvalue weighted by Gasteiger charge is 2.14. The summed E-state index contributed by atoms with van der Waals surface area (Å²) in [4.78, 5) is 13.9. The van der Waals surface area contributed by atoms with Crippen LogP contribution in [-0.4, -0.2) is 41.4 Å². The summed E-state index contributed by atoms with van der Waals surface area (Å²) in [6.45, 7) is 2.66. The second-order valence-corrected chi connectivity index (χ2v) is 6.18. The smallest absolute Gasteiger partial charge is 0.253 e. The maximum Gasteiger partial charge on any atom is 0.253 e. The first kappa shape index (κ1) is 19.8. The third-order valence-electron chi connectivity index (χ3n) is 4.21. The molecule has 0 aliphatic carbocycles. The quantitative estimate of drug-likeness (QED) is 0.794. The van der Waals surface area contributed by atoms with E-state index in [9.17, 15) is 4.79 Å². The SMILES string of the molecule is CC=CN1C=CC(n2cc(C(N)=O)c(C#Cc3cc(OC)cc(OC)c3)n2)=CC1. The van der Waals surface area contributed by atoms with Crippen LogP contribution in [0.2, 0.25) is 0 Å². The van der Waals surface area contributed by atoms with Gasteiger partial charge in [-0.25, -0.2) is 4.68 Å². The molecule has 1 amide bonds. The van der Waals surface area contributed by atoms with E-state index in [2.05, 4.69) is 16.9 Å². The van der Waals surface area contributed by atoms with E-state index in [0.717, 1.165) is 5.70 Å². The number of amides is 1. The molecule has 2 N–H and O–H groups in total. The molecule has 7 nitrogen and oxygen atoms in total. The van der Waals surface area contributed by atoms with Crippen LogP contribution >= 0.6 is 0 Å². The molecule has 0 atom stereocenters. The normalized spacial score (nSPS) is 13.1. The minimum absolute atomic E-state index is 0.262. The molecule has 1 aliphatic heterocycles. The number of primary amides is 1. The molecule has 148 valence electrons. The van der Waals surface area contributed by atoms with Gasteiger partial charge < -0.3 is 20.1 Å². The lowest BCUT2D eigenvalue weighted by molar-refractivity contribution is 0.1000. The monoisotopic (exact) mass is 390 g/mol. The maximum absolute atomic E-state index is 11.9. The van der Waals surface area contributed by atoms with Gasteiger partial charge in [0.15, 0.2) is 0 Å². The first-order chi connectivity index (χ1) is 14.0. The van der Waals surface area contributed by atoms with Gasteiger partial charge in [-0.2, -0.15) is 5.10 Å². The van der Waals surface area contributed by atoms with Crippen LogP contribution in [0.3, 0.4) is 0 Å². The molecular formula is C22H22N4O3. The van der Waals surface area contributed by atoms with Gasteiger partial charge in [0.05, 0.1) is 25.5 Å². The van der Waals surface area contributed by atoms with Crippen molar-refractivity contribution in [1.29, 1.82) is 0 Å². The number of allylic oxidation sites excluding steroid dienone is 3. The summed E-state index contributed by atoms with van der Waals surface area (Å²) < 4.78 is 12.1. The Morgan fingerprint density at radius 1 is 1.21 bits per heavy atom. The number of carbonyl (C=O) groups excluding carboxylic acids is 1. The molecule has 3 rings (SSSR count). The molecule has 2 aromatic rings. The Morgan fingerprint density at radius 3 is 2.48 bits per heavy atom. The molecule has 0 unspecified atom stereocenters. The summed E-state index contributed by atoms with van der Waals surface area (Å²) >= 11 is 0. The lowest BCUT2D eigenvalue weighted by Crippen LogP contribution is -2.14. The van der Waals surface area contributed by atoms with Gasteiger partial charge in [0.2, 0.25) is 0 Å². The number of carbonyl (C=O) groups is 1. The zero-order valence-corrected chi connectivity index (χ0v) is 16.5. The highest BCUT2D eigenvalue weighted by Crippen LogP contribution is 2.22. The molecule has 7 heteroatoms. The van der Waals surface area contributed by atoms with Crippen LogP contribution in [0, 0.1) is 11.8 Å². The predicted octanol–water partition coefficient (Wildman–Crippen LogP) is 2.60. The second-order valence-electron chi connectivity index (χ2n) is 6.18. The fourth-order valence-corrected chi connectivity index (χ4v) is 2.76. The number of nitrogens with two attached hydrogens (primary N) is 1. The topological polar surface area (TPSA) is 82.6 Å². The number of benzene rings is 1. The Hall–Kier alpha value is -3.92. The van der Waals surface area contributed by atoms with Crippen molar-refractivity contribution in [3.63, 3.8) is 0 Å². The van der Waals surface area contributed by atoms with Crippen molar-refractivity contribution in [3.05, 3.63) is 71.8 Å². The van der Waals surface area contributed by atoms with E-state index in [0.29, 0.717) is 29.3 Å². The molecular weight excluding hydrogens is 368 g/mol. The van der Waals surface area contributed by atoms with Crippen LogP contribution in [0.25, 0.3) is 5.70 Å². The number of aromatic nitrogens is 2. The lowest BCUT2D eigenvalue weighted by atomic mass is 10.2. The summed E-state index contributed by atoms with van der Waals surface area (Å²) in [7, 11) is 3.14. The molecule has 1 aromatic heterocycles. The first-order valence-corrected chi connectivity index (χ1v) is 8.96. The van der Waals surface area contributed by atoms with Gasteiger partial charge in [-0.1, -0.05) is 12.0 Å². The maximum atomic E-state index is 11.9. The van der Waals surface area contributed by atoms with Gasteiger partial charge in [-0.15, -0.1) is 0 Å². The molecule has 1 aliphatic rings. The van der Waals surface area contributed by atoms with Crippen LogP contribution in [0.4, 0.5) is 0 Å². The summed E-state index contributed by atoms with van der Waals surface area (Å²) in [6.07, 6.45) is 11.4. The summed E-state index contributed by atoms with van der Waals surface area (Å²) in [6, 6.07) is 5.31. The van der Waals surface area contributed by atoms with Crippen LogP contribution in [0.5, 0.6) is 11.5 Å². The Balaban J connectivity index is 1.93. The van der Waals surface area contributed by atoms with E-state index < -0.39 is 5.91 Å². The number of rotatable bonds is 5. The number of hydrogen-bond donors (Lipinski definition) is 1. The van der Waals surface area contributed by atoms with Crippen molar-refractivity contribution in [2.24, 2.45) is 5.73 Å². The third kappa shape index (κ3) is 4.68. The van der Waals surface area contributed by atoms with Crippen LogP contribution in [-0.2, 0) is 0 Å². The molecule has 0 spiro atoms. The van der Waals surface area contributed by atoms with Crippen molar-refractivity contribution < 1.29 is 14.3 Å². The number of ether oxygens (including phenoxy) is 2. The van der Waals surface area contributed by atoms with E-state index in [1.807, 2.05) is 42.5 Å². The van der Waals surface area contributed by atoms with Crippen molar-refractivity contribution >= 4 is 11.6 Å². The summed E-state index contributed by atoms with van der Waals surface area (Å²) in [5.74, 6) is 6.59. The van der Waals surface area contributed by atoms with Crippen molar-refractivity contribution in [3.8, 4) is 23.3 Å². The second kappa shape index (κ2) is 8.85. The number of hydrogen-bond acceptors (Lipinski definition) is 5. The average Bonchev–Trinajstić information content (AvgIpc) is 3.17. The Labute approximate surface area is 169 Å². The van der Waals surface area contributed by atoms with Gasteiger partial charge in [0.1, 0.15) is 17.2 Å². The molecule has 29 heavy (non-hydrogen) atoms. The van der Waals surface area contributed by atoms with Crippen LogP contribution in [0.1, 0.15) is 28.5 Å². The minimum Gasteiger partial charge on any atom is -0.497 e. The molecule has 0 bridgehead atoms. The molecule has 0 fully saturated rings. The number of methoxy groups -OCH3 is 2. The largest absolute Gasteiger partial charge is 0.497 e. The third-order valence-corrected chi connectivity index (χ3v) is 4.21. The van der Waals surface area contributed by atoms with Gasteiger partial charge in [-0.05, 0) is 43.3 Å². The Kier molecular flexibility index (Phi) is 6.05. The average molecular weight is 390 g/mol. The standard InChI is InChI=1S/C22H22N4O3/c1-4-9-25-10-7-17(8-11-25)26-15-20(22(23)27)21(24-26)6-5-16-12-18(28-2)14-19(13-16)29-3/h4,7-10,12-15H,11H2,1-3H3,(H2,23,27). The fraction of sp³-hybridized carbons (Fsp3) is 0.182. The summed E-state index contributed by atoms with van der Waals surface area (Å²) in [5.41, 5.74) is 7.60. The molecule has 0 radical (unpaired) electrons. The van der Waals surface area contributed by atoms with Gasteiger partial charge in [-0.3, -0.25) is 4.79 Å². The van der Waals surface area contributed by atoms with E-state index >= 15 is 0 Å². The van der Waals surface area contributed by atoms with Crippen molar-refractivity contribution in [2.75, 3.05) is 20.8 Å². The minimum atomic E-state index is -0.584. The van der Waals surface area contributed by atoms with E-state index in [-0.39, 0.29) is 5.56 Å². The van der Waals surface area contributed by atoms with E-state index in [4.69, 9.17) is 15.2 Å². The Morgan fingerprint density at radius 2 is 1.93 bits per heavy atom. The predicted molar refractivity (Wildman–Crippen MR) is 111 cm³/mol. The summed E-state index contributed by atoms with van der Waals surface area (Å²) in [5, 5.41) is 4.45. The van der Waals surface area contributed by atoms with E-state index in [1.54, 1.807) is 43.3 Å². The highest BCUT2D eigenvalue weighted by atomic mass is 16.5. The van der Waals surface area contributed by atoms with Crippen molar-refractivity contribution in [1.82, 2.24) is 14.7 Å². The van der Waals surface area contributed by atoms with Crippen molar-refractivity contribution in [2.45, 2.75) is 6.92 Å². The van der Waals surface area contributed by atoms with Gasteiger partial charge in [0, 0.05) is 30.6 Å². The Bertz CT molecular complexity index is 1050. The zero-order valence-electron chi connectivity index (χ0n) is 16.5. The first-order valence-electron chi connectivity index (χ1n) is 8.96. The fourth-order valence-electron chi connectivity index (χ4n) is 2.76. The molecule has 2 heterocycles. The lowest BCUT2D eigenvalue weighted by Gasteiger charge is -2.18. The van der Waals surface area contributed by atoms with Crippen LogP contribution < -0.4 is 15.2 Å². The molecule has 0 saturated heterocycles. The number of nitrogens with zero attached hydrogens (tertiary/aromatic N) is 3. The molecule has 0 saturated carbocycles.